The van der Waals surface area contributed by atoms with E-state index < -0.39 is 0 Å². The third-order valence-electron chi connectivity index (χ3n) is 1.93. The van der Waals surface area contributed by atoms with Crippen LogP contribution in [0.5, 0.6) is 0 Å². The van der Waals surface area contributed by atoms with Crippen LogP contribution in [0.25, 0.3) is 0 Å². The van der Waals surface area contributed by atoms with E-state index in [1.165, 1.54) is 13.3 Å². The van der Waals surface area contributed by atoms with Gasteiger partial charge < -0.3 is 4.74 Å². The fourth-order valence-electron chi connectivity index (χ4n) is 1.26. The van der Waals surface area contributed by atoms with Crippen LogP contribution >= 0.6 is 0 Å². The molecule has 0 bridgehead atoms. The molecular formula is C9H8N2O2. The molecule has 0 spiro atoms. The maximum Gasteiger partial charge on any atom is 0.335 e. The number of hydrogen-bond acceptors (Lipinski definition) is 4. The summed E-state index contributed by atoms with van der Waals surface area (Å²) in [6.07, 6.45) is 5.61. The van der Waals surface area contributed by atoms with Gasteiger partial charge in [0.15, 0.2) is 5.84 Å². The minimum absolute atomic E-state index is 0.324. The van der Waals surface area contributed by atoms with Gasteiger partial charge in [-0.2, -0.15) is 0 Å². The lowest BCUT2D eigenvalue weighted by Gasteiger charge is -2.09. The first-order valence-corrected chi connectivity index (χ1v) is 3.90. The average molecular weight is 176 g/mol. The van der Waals surface area contributed by atoms with Gasteiger partial charge in [0.1, 0.15) is 0 Å². The fourth-order valence-corrected chi connectivity index (χ4v) is 1.26. The lowest BCUT2D eigenvalue weighted by molar-refractivity contribution is -0.136. The summed E-state index contributed by atoms with van der Waals surface area (Å²) in [4.78, 5) is 19.2. The number of hydrogen-bond donors (Lipinski definition) is 0. The van der Waals surface area contributed by atoms with Crippen LogP contribution in [0.15, 0.2) is 33.4 Å². The third-order valence-corrected chi connectivity index (χ3v) is 1.93. The number of fused-ring (bicyclic) bond motifs is 1. The minimum atomic E-state index is -0.324. The molecule has 0 saturated heterocycles. The number of ether oxygens (including phenoxy) is 1. The number of amidine groups is 1. The minimum Gasteiger partial charge on any atom is -0.466 e. The Morgan fingerprint density at radius 3 is 3.23 bits per heavy atom. The van der Waals surface area contributed by atoms with Crippen LogP contribution in [0.3, 0.4) is 0 Å². The van der Waals surface area contributed by atoms with E-state index in [-0.39, 0.29) is 5.97 Å². The monoisotopic (exact) mass is 176 g/mol. The quantitative estimate of drug-likeness (QED) is 0.556. The lowest BCUT2D eigenvalue weighted by Crippen LogP contribution is -2.10. The molecule has 0 atom stereocenters. The maximum absolute atomic E-state index is 11.1. The highest BCUT2D eigenvalue weighted by Crippen LogP contribution is 2.21. The van der Waals surface area contributed by atoms with Crippen LogP contribution < -0.4 is 0 Å². The second-order valence-corrected chi connectivity index (χ2v) is 2.75. The Bertz CT molecular complexity index is 375. The van der Waals surface area contributed by atoms with E-state index in [0.717, 1.165) is 5.57 Å². The predicted octanol–water partition coefficient (Wildman–Crippen LogP) is 0.856. The Morgan fingerprint density at radius 2 is 2.46 bits per heavy atom. The van der Waals surface area contributed by atoms with E-state index in [1.54, 1.807) is 6.21 Å². The van der Waals surface area contributed by atoms with Crippen LogP contribution in [0.1, 0.15) is 6.42 Å². The molecule has 2 rings (SSSR count). The number of carbonyl (C=O) groups is 1. The number of carbonyl (C=O) groups excluding carboxylic acids is 1. The topological polar surface area (TPSA) is 51.0 Å². The molecule has 0 aromatic carbocycles. The van der Waals surface area contributed by atoms with Gasteiger partial charge in [0.25, 0.3) is 0 Å². The number of esters is 1. The third kappa shape index (κ3) is 1.30. The van der Waals surface area contributed by atoms with Gasteiger partial charge in [-0.05, 0) is 6.08 Å². The van der Waals surface area contributed by atoms with Crippen molar-refractivity contribution in [3.05, 3.63) is 23.4 Å². The normalized spacial score (nSPS) is 18.7. The van der Waals surface area contributed by atoms with E-state index >= 15 is 0 Å². The molecule has 4 heteroatoms. The molecule has 2 aliphatic rings. The summed E-state index contributed by atoms with van der Waals surface area (Å²) in [5.74, 6) is 0.378. The highest BCUT2D eigenvalue weighted by Gasteiger charge is 2.20. The molecular weight excluding hydrogens is 168 g/mol. The van der Waals surface area contributed by atoms with Crippen LogP contribution in [0.2, 0.25) is 0 Å². The van der Waals surface area contributed by atoms with Crippen molar-refractivity contribution in [1.82, 2.24) is 0 Å². The van der Waals surface area contributed by atoms with Gasteiger partial charge in [0.2, 0.25) is 0 Å². The van der Waals surface area contributed by atoms with Crippen molar-refractivity contribution in [1.29, 1.82) is 0 Å². The van der Waals surface area contributed by atoms with Gasteiger partial charge in [0.05, 0.1) is 12.7 Å². The standard InChI is InChI=1S/C9H8N2O2/c1-13-9(12)7-4-6-2-3-10-8(6)11-5-7/h2-3,5H,4H2,1H3. The van der Waals surface area contributed by atoms with Crippen molar-refractivity contribution < 1.29 is 9.53 Å². The summed E-state index contributed by atoms with van der Waals surface area (Å²) in [6, 6.07) is 0. The zero-order valence-corrected chi connectivity index (χ0v) is 7.15. The second-order valence-electron chi connectivity index (χ2n) is 2.75. The Balaban J connectivity index is 2.25. The largest absolute Gasteiger partial charge is 0.466 e. The highest BCUT2D eigenvalue weighted by molar-refractivity contribution is 6.13. The van der Waals surface area contributed by atoms with Crippen LogP contribution in [0.4, 0.5) is 0 Å². The number of methoxy groups -OCH3 is 1. The van der Waals surface area contributed by atoms with E-state index in [1.807, 2.05) is 6.08 Å². The van der Waals surface area contributed by atoms with Crippen LogP contribution in [0, 0.1) is 0 Å². The van der Waals surface area contributed by atoms with Crippen molar-refractivity contribution in [3.8, 4) is 0 Å². The summed E-state index contributed by atoms with van der Waals surface area (Å²) in [7, 11) is 1.36. The van der Waals surface area contributed by atoms with E-state index in [2.05, 4.69) is 14.7 Å². The molecule has 2 heterocycles. The first kappa shape index (κ1) is 7.91. The molecule has 0 N–H and O–H groups in total. The Hall–Kier alpha value is -1.71. The molecule has 0 saturated carbocycles. The smallest absolute Gasteiger partial charge is 0.335 e. The van der Waals surface area contributed by atoms with Crippen molar-refractivity contribution >= 4 is 18.0 Å². The molecule has 0 unspecified atom stereocenters. The highest BCUT2D eigenvalue weighted by atomic mass is 16.5. The maximum atomic E-state index is 11.1. The van der Waals surface area contributed by atoms with Gasteiger partial charge in [-0.15, -0.1) is 0 Å². The first-order valence-electron chi connectivity index (χ1n) is 3.90. The SMILES string of the molecule is COC(=O)C1=CN=C2N=CC=C2C1. The number of nitrogens with zero attached hydrogens (tertiary/aromatic N) is 2. The summed E-state index contributed by atoms with van der Waals surface area (Å²) in [5.41, 5.74) is 1.55. The van der Waals surface area contributed by atoms with Crippen LogP contribution in [-0.2, 0) is 9.53 Å². The summed E-state index contributed by atoms with van der Waals surface area (Å²) in [5, 5.41) is 0. The Morgan fingerprint density at radius 1 is 1.62 bits per heavy atom. The summed E-state index contributed by atoms with van der Waals surface area (Å²) in [6.45, 7) is 0. The zero-order chi connectivity index (χ0) is 9.26. The van der Waals surface area contributed by atoms with Gasteiger partial charge in [-0.3, -0.25) is 0 Å². The lowest BCUT2D eigenvalue weighted by atomic mass is 10.0. The van der Waals surface area contributed by atoms with Crippen molar-refractivity contribution in [2.24, 2.45) is 9.98 Å². The molecule has 0 amide bonds. The fraction of sp³-hybridized carbons (Fsp3) is 0.222. The van der Waals surface area contributed by atoms with Gasteiger partial charge in [-0.25, -0.2) is 14.8 Å². The molecule has 4 nitrogen and oxygen atoms in total. The molecule has 0 fully saturated rings. The molecule has 0 radical (unpaired) electrons. The number of allylic oxidation sites excluding steroid dienone is 1. The van der Waals surface area contributed by atoms with Crippen molar-refractivity contribution in [2.75, 3.05) is 7.11 Å². The average Bonchev–Trinajstić information content (AvgIpc) is 2.63. The summed E-state index contributed by atoms with van der Waals surface area (Å²) >= 11 is 0. The molecule has 0 aromatic rings. The van der Waals surface area contributed by atoms with E-state index in [9.17, 15) is 4.79 Å². The van der Waals surface area contributed by atoms with Crippen molar-refractivity contribution in [3.63, 3.8) is 0 Å². The number of rotatable bonds is 1. The summed E-state index contributed by atoms with van der Waals surface area (Å²) < 4.78 is 4.59. The van der Waals surface area contributed by atoms with Gasteiger partial charge >= 0.3 is 5.97 Å². The molecule has 66 valence electrons. The zero-order valence-electron chi connectivity index (χ0n) is 7.15. The number of aliphatic imine (C=N–C) groups is 2. The van der Waals surface area contributed by atoms with Crippen LogP contribution in [-0.4, -0.2) is 25.1 Å². The van der Waals surface area contributed by atoms with Crippen molar-refractivity contribution in [2.45, 2.75) is 6.42 Å². The van der Waals surface area contributed by atoms with E-state index in [4.69, 9.17) is 0 Å². The first-order chi connectivity index (χ1) is 6.31. The molecule has 2 aliphatic heterocycles. The molecule has 0 aromatic heterocycles. The molecule has 13 heavy (non-hydrogen) atoms. The predicted molar refractivity (Wildman–Crippen MR) is 48.7 cm³/mol. The van der Waals surface area contributed by atoms with Gasteiger partial charge in [0, 0.05) is 24.4 Å². The molecule has 0 aliphatic carbocycles. The Kier molecular flexibility index (Phi) is 1.81. The van der Waals surface area contributed by atoms with E-state index in [0.29, 0.717) is 17.8 Å². The Labute approximate surface area is 75.3 Å². The van der Waals surface area contributed by atoms with Gasteiger partial charge in [-0.1, -0.05) is 0 Å². The second kappa shape index (κ2) is 2.97.